The summed E-state index contributed by atoms with van der Waals surface area (Å²) >= 11 is 0. The molecule has 134 valence electrons. The number of carbonyl (C=O) groups excluding carboxylic acids is 1. The van der Waals surface area contributed by atoms with Gasteiger partial charge in [-0.05, 0) is 37.5 Å². The Kier molecular flexibility index (Phi) is 6.09. The van der Waals surface area contributed by atoms with Gasteiger partial charge < -0.3 is 9.84 Å². The Hall–Kier alpha value is -3.02. The van der Waals surface area contributed by atoms with E-state index in [0.717, 1.165) is 18.4 Å². The minimum Gasteiger partial charge on any atom is -0.354 e. The van der Waals surface area contributed by atoms with Crippen LogP contribution in [-0.2, 0) is 17.6 Å². The second kappa shape index (κ2) is 8.89. The molecule has 0 fully saturated rings. The summed E-state index contributed by atoms with van der Waals surface area (Å²) in [5.74, 6) is 0.937. The van der Waals surface area contributed by atoms with Crippen molar-refractivity contribution in [2.45, 2.75) is 38.6 Å². The number of amides is 1. The van der Waals surface area contributed by atoms with Crippen LogP contribution in [0.4, 0.5) is 0 Å². The summed E-state index contributed by atoms with van der Waals surface area (Å²) in [5, 5.41) is 6.95. The number of aromatic nitrogens is 3. The Morgan fingerprint density at radius 1 is 1.15 bits per heavy atom. The topological polar surface area (TPSA) is 80.9 Å². The van der Waals surface area contributed by atoms with Gasteiger partial charge in [0.05, 0.1) is 0 Å². The van der Waals surface area contributed by atoms with E-state index in [4.69, 9.17) is 4.52 Å². The summed E-state index contributed by atoms with van der Waals surface area (Å²) in [6.07, 6.45) is 5.96. The summed E-state index contributed by atoms with van der Waals surface area (Å²) in [4.78, 5) is 20.4. The molecule has 0 spiro atoms. The van der Waals surface area contributed by atoms with E-state index in [1.165, 1.54) is 5.56 Å². The van der Waals surface area contributed by atoms with Gasteiger partial charge in [0, 0.05) is 36.8 Å². The zero-order valence-electron chi connectivity index (χ0n) is 14.8. The van der Waals surface area contributed by atoms with Crippen molar-refractivity contribution in [1.82, 2.24) is 20.4 Å². The number of nitrogens with zero attached hydrogens (tertiary/aromatic N) is 3. The molecule has 2 aromatic heterocycles. The van der Waals surface area contributed by atoms with E-state index in [1.807, 2.05) is 37.3 Å². The van der Waals surface area contributed by atoms with Crippen molar-refractivity contribution in [1.29, 1.82) is 0 Å². The second-order valence-corrected chi connectivity index (χ2v) is 6.25. The van der Waals surface area contributed by atoms with Crippen LogP contribution in [0.5, 0.6) is 0 Å². The zero-order valence-corrected chi connectivity index (χ0v) is 14.8. The number of carbonyl (C=O) groups is 1. The minimum absolute atomic E-state index is 0.00769. The highest BCUT2D eigenvalue weighted by molar-refractivity contribution is 5.76. The van der Waals surface area contributed by atoms with Crippen molar-refractivity contribution in [3.63, 3.8) is 0 Å². The Morgan fingerprint density at radius 3 is 2.77 bits per heavy atom. The molecule has 2 heterocycles. The predicted octanol–water partition coefficient (Wildman–Crippen LogP) is 3.20. The van der Waals surface area contributed by atoms with E-state index in [2.05, 4.69) is 32.6 Å². The lowest BCUT2D eigenvalue weighted by Crippen LogP contribution is -2.33. The lowest BCUT2D eigenvalue weighted by Gasteiger charge is -2.13. The van der Waals surface area contributed by atoms with Gasteiger partial charge >= 0.3 is 0 Å². The number of benzene rings is 1. The van der Waals surface area contributed by atoms with Gasteiger partial charge in [0.2, 0.25) is 17.6 Å². The van der Waals surface area contributed by atoms with Crippen molar-refractivity contribution in [3.8, 4) is 11.4 Å². The number of aryl methyl sites for hydroxylation is 2. The normalized spacial score (nSPS) is 11.9. The van der Waals surface area contributed by atoms with Gasteiger partial charge in [-0.25, -0.2) is 0 Å². The summed E-state index contributed by atoms with van der Waals surface area (Å²) in [7, 11) is 0. The molecule has 0 aliphatic heterocycles. The molecule has 1 N–H and O–H groups in total. The fraction of sp³-hybridized carbons (Fsp3) is 0.300. The van der Waals surface area contributed by atoms with E-state index >= 15 is 0 Å². The molecule has 0 saturated carbocycles. The SMILES string of the molecule is CC(CCc1ccccc1)NC(=O)CCc1nc(-c2cccnc2)no1. The van der Waals surface area contributed by atoms with Crippen LogP contribution in [0.1, 0.15) is 31.2 Å². The van der Waals surface area contributed by atoms with Crippen molar-refractivity contribution in [2.24, 2.45) is 0 Å². The monoisotopic (exact) mass is 350 g/mol. The molecule has 1 amide bonds. The Morgan fingerprint density at radius 2 is 2.00 bits per heavy atom. The van der Waals surface area contributed by atoms with Gasteiger partial charge in [-0.1, -0.05) is 35.5 Å². The van der Waals surface area contributed by atoms with Crippen molar-refractivity contribution in [3.05, 3.63) is 66.3 Å². The van der Waals surface area contributed by atoms with Gasteiger partial charge in [-0.2, -0.15) is 4.98 Å². The lowest BCUT2D eigenvalue weighted by molar-refractivity contribution is -0.121. The quantitative estimate of drug-likeness (QED) is 0.675. The zero-order chi connectivity index (χ0) is 18.2. The fourth-order valence-corrected chi connectivity index (χ4v) is 2.64. The first-order chi connectivity index (χ1) is 12.7. The molecule has 1 aromatic carbocycles. The van der Waals surface area contributed by atoms with Crippen LogP contribution in [0.2, 0.25) is 0 Å². The molecule has 3 aromatic rings. The molecule has 0 aliphatic rings. The van der Waals surface area contributed by atoms with Crippen LogP contribution < -0.4 is 5.32 Å². The average molecular weight is 350 g/mol. The molecule has 26 heavy (non-hydrogen) atoms. The van der Waals surface area contributed by atoms with Gasteiger partial charge in [0.1, 0.15) is 0 Å². The highest BCUT2D eigenvalue weighted by Gasteiger charge is 2.12. The van der Waals surface area contributed by atoms with Crippen LogP contribution in [-0.4, -0.2) is 27.1 Å². The third-order valence-corrected chi connectivity index (χ3v) is 4.07. The fourth-order valence-electron chi connectivity index (χ4n) is 2.64. The first-order valence-electron chi connectivity index (χ1n) is 8.77. The number of hydrogen-bond acceptors (Lipinski definition) is 5. The molecular weight excluding hydrogens is 328 g/mol. The maximum Gasteiger partial charge on any atom is 0.227 e. The Bertz CT molecular complexity index is 818. The van der Waals surface area contributed by atoms with E-state index in [-0.39, 0.29) is 11.9 Å². The molecular formula is C20H22N4O2. The van der Waals surface area contributed by atoms with Crippen LogP contribution in [0.25, 0.3) is 11.4 Å². The van der Waals surface area contributed by atoms with E-state index in [0.29, 0.717) is 24.6 Å². The third kappa shape index (κ3) is 5.24. The summed E-state index contributed by atoms with van der Waals surface area (Å²) < 4.78 is 5.21. The van der Waals surface area contributed by atoms with Gasteiger partial charge in [0.15, 0.2) is 0 Å². The molecule has 6 nitrogen and oxygen atoms in total. The van der Waals surface area contributed by atoms with E-state index in [9.17, 15) is 4.79 Å². The van der Waals surface area contributed by atoms with Crippen LogP contribution >= 0.6 is 0 Å². The average Bonchev–Trinajstić information content (AvgIpc) is 3.15. The smallest absolute Gasteiger partial charge is 0.227 e. The van der Waals surface area contributed by atoms with Gasteiger partial charge in [-0.15, -0.1) is 0 Å². The highest BCUT2D eigenvalue weighted by atomic mass is 16.5. The van der Waals surface area contributed by atoms with E-state index in [1.54, 1.807) is 12.4 Å². The van der Waals surface area contributed by atoms with E-state index < -0.39 is 0 Å². The highest BCUT2D eigenvalue weighted by Crippen LogP contribution is 2.14. The number of hydrogen-bond donors (Lipinski definition) is 1. The first-order valence-corrected chi connectivity index (χ1v) is 8.77. The predicted molar refractivity (Wildman–Crippen MR) is 98.2 cm³/mol. The molecule has 1 atom stereocenters. The van der Waals surface area contributed by atoms with Crippen LogP contribution in [0.3, 0.4) is 0 Å². The van der Waals surface area contributed by atoms with Gasteiger partial charge in [0.25, 0.3) is 0 Å². The van der Waals surface area contributed by atoms with Crippen LogP contribution in [0, 0.1) is 0 Å². The standard InChI is InChI=1S/C20H22N4O2/c1-15(9-10-16-6-3-2-4-7-16)22-18(25)11-12-19-23-20(24-26-19)17-8-5-13-21-14-17/h2-8,13-15H,9-12H2,1H3,(H,22,25). The molecule has 1 unspecified atom stereocenters. The molecule has 6 heteroatoms. The van der Waals surface area contributed by atoms with Gasteiger partial charge in [-0.3, -0.25) is 9.78 Å². The number of pyridine rings is 1. The molecule has 0 aliphatic carbocycles. The maximum atomic E-state index is 12.1. The molecule has 0 bridgehead atoms. The Balaban J connectivity index is 1.42. The summed E-state index contributed by atoms with van der Waals surface area (Å²) in [6, 6.07) is 14.1. The number of rotatable bonds is 8. The Labute approximate surface area is 152 Å². The van der Waals surface area contributed by atoms with Crippen molar-refractivity contribution in [2.75, 3.05) is 0 Å². The second-order valence-electron chi connectivity index (χ2n) is 6.25. The summed E-state index contributed by atoms with van der Waals surface area (Å²) in [6.45, 7) is 2.02. The van der Waals surface area contributed by atoms with Crippen LogP contribution in [0.15, 0.2) is 59.4 Å². The maximum absolute atomic E-state index is 12.1. The molecule has 0 saturated heterocycles. The molecule has 3 rings (SSSR count). The van der Waals surface area contributed by atoms with Crippen molar-refractivity contribution < 1.29 is 9.32 Å². The number of nitrogens with one attached hydrogen (secondary N) is 1. The van der Waals surface area contributed by atoms with Crippen molar-refractivity contribution >= 4 is 5.91 Å². The minimum atomic E-state index is -0.00769. The largest absolute Gasteiger partial charge is 0.354 e. The molecule has 0 radical (unpaired) electrons. The third-order valence-electron chi connectivity index (χ3n) is 4.07. The lowest BCUT2D eigenvalue weighted by atomic mass is 10.1. The first kappa shape index (κ1) is 17.8. The summed E-state index contributed by atoms with van der Waals surface area (Å²) in [5.41, 5.74) is 2.07.